The molecular weight excluding hydrogens is 186 g/mol. The molecule has 2 heteroatoms. The first kappa shape index (κ1) is 10.4. The molecule has 1 aromatic rings. The average Bonchev–Trinajstić information content (AvgIpc) is 2.97. The third-order valence-corrected chi connectivity index (χ3v) is 2.81. The highest BCUT2D eigenvalue weighted by Crippen LogP contribution is 2.37. The Labute approximate surface area is 91.0 Å². The van der Waals surface area contributed by atoms with Crippen LogP contribution in [0.25, 0.3) is 0 Å². The first-order chi connectivity index (χ1) is 7.29. The summed E-state index contributed by atoms with van der Waals surface area (Å²) in [6, 6.07) is 8.29. The third-order valence-electron chi connectivity index (χ3n) is 2.81. The summed E-state index contributed by atoms with van der Waals surface area (Å²) in [6.07, 6.45) is 3.29. The van der Waals surface area contributed by atoms with Gasteiger partial charge in [-0.15, -0.1) is 0 Å². The highest BCUT2D eigenvalue weighted by molar-refractivity contribution is 5.68. The zero-order chi connectivity index (χ0) is 10.7. The smallest absolute Gasteiger partial charge is 0.0626 e. The molecule has 0 heterocycles. The van der Waals surface area contributed by atoms with Gasteiger partial charge < -0.3 is 4.74 Å². The van der Waals surface area contributed by atoms with Gasteiger partial charge in [0.05, 0.1) is 5.69 Å². The minimum Gasteiger partial charge on any atom is -0.384 e. The standard InChI is InChI=1S/C13H17NO/c1-10-3-5-13(6-4-10)14-8-11-7-12(11)9-15-2/h3-6,8,11-12H,7,9H2,1-2H3/t11-,12+/m0/s1. The summed E-state index contributed by atoms with van der Waals surface area (Å²) in [5.74, 6) is 1.33. The van der Waals surface area contributed by atoms with E-state index in [9.17, 15) is 0 Å². The second kappa shape index (κ2) is 4.58. The quantitative estimate of drug-likeness (QED) is 0.689. The van der Waals surface area contributed by atoms with Gasteiger partial charge in [0.1, 0.15) is 0 Å². The van der Waals surface area contributed by atoms with Gasteiger partial charge in [0.15, 0.2) is 0 Å². The molecular formula is C13H17NO. The maximum Gasteiger partial charge on any atom is 0.0626 e. The van der Waals surface area contributed by atoms with E-state index in [0.29, 0.717) is 11.8 Å². The molecule has 1 aliphatic rings. The average molecular weight is 203 g/mol. The van der Waals surface area contributed by atoms with Crippen LogP contribution in [0.1, 0.15) is 12.0 Å². The Kier molecular flexibility index (Phi) is 3.17. The van der Waals surface area contributed by atoms with E-state index in [-0.39, 0.29) is 0 Å². The molecule has 80 valence electrons. The highest BCUT2D eigenvalue weighted by Gasteiger charge is 2.35. The predicted octanol–water partition coefficient (Wildman–Crippen LogP) is 2.98. The number of aliphatic imine (C=N–C) groups is 1. The maximum absolute atomic E-state index is 5.10. The number of ether oxygens (including phenoxy) is 1. The van der Waals surface area contributed by atoms with Crippen molar-refractivity contribution in [3.05, 3.63) is 29.8 Å². The second-order valence-corrected chi connectivity index (χ2v) is 4.23. The Balaban J connectivity index is 1.87. The monoisotopic (exact) mass is 203 g/mol. The Morgan fingerprint density at radius 1 is 1.40 bits per heavy atom. The topological polar surface area (TPSA) is 21.6 Å². The van der Waals surface area contributed by atoms with Gasteiger partial charge in [0.2, 0.25) is 0 Å². The second-order valence-electron chi connectivity index (χ2n) is 4.23. The molecule has 0 spiro atoms. The lowest BCUT2D eigenvalue weighted by Crippen LogP contribution is -1.93. The van der Waals surface area contributed by atoms with E-state index in [1.807, 2.05) is 0 Å². The molecule has 0 N–H and O–H groups in total. The van der Waals surface area contributed by atoms with E-state index in [2.05, 4.69) is 42.4 Å². The fraction of sp³-hybridized carbons (Fsp3) is 0.462. The van der Waals surface area contributed by atoms with E-state index in [0.717, 1.165) is 12.3 Å². The number of hydrogen-bond acceptors (Lipinski definition) is 2. The van der Waals surface area contributed by atoms with Crippen molar-refractivity contribution in [3.63, 3.8) is 0 Å². The number of nitrogens with zero attached hydrogens (tertiary/aromatic N) is 1. The van der Waals surface area contributed by atoms with E-state index >= 15 is 0 Å². The van der Waals surface area contributed by atoms with Crippen LogP contribution in [0.3, 0.4) is 0 Å². The van der Waals surface area contributed by atoms with Crippen molar-refractivity contribution in [2.45, 2.75) is 13.3 Å². The van der Waals surface area contributed by atoms with Gasteiger partial charge in [0, 0.05) is 19.9 Å². The number of methoxy groups -OCH3 is 1. The van der Waals surface area contributed by atoms with E-state index in [4.69, 9.17) is 4.74 Å². The molecule has 2 nitrogen and oxygen atoms in total. The Morgan fingerprint density at radius 2 is 2.13 bits per heavy atom. The molecule has 2 atom stereocenters. The van der Waals surface area contributed by atoms with Crippen LogP contribution in [0.4, 0.5) is 5.69 Å². The van der Waals surface area contributed by atoms with Gasteiger partial charge >= 0.3 is 0 Å². The van der Waals surface area contributed by atoms with Gasteiger partial charge in [-0.2, -0.15) is 0 Å². The molecule has 0 bridgehead atoms. The summed E-state index contributed by atoms with van der Waals surface area (Å²) in [6.45, 7) is 2.95. The first-order valence-corrected chi connectivity index (χ1v) is 5.39. The zero-order valence-electron chi connectivity index (χ0n) is 9.31. The van der Waals surface area contributed by atoms with Crippen LogP contribution < -0.4 is 0 Å². The van der Waals surface area contributed by atoms with Crippen LogP contribution >= 0.6 is 0 Å². The number of benzene rings is 1. The molecule has 1 fully saturated rings. The number of hydrogen-bond donors (Lipinski definition) is 0. The predicted molar refractivity (Wildman–Crippen MR) is 62.8 cm³/mol. The van der Waals surface area contributed by atoms with E-state index < -0.39 is 0 Å². The van der Waals surface area contributed by atoms with Gasteiger partial charge in [-0.1, -0.05) is 17.7 Å². The molecule has 1 aromatic carbocycles. The minimum atomic E-state index is 0.631. The summed E-state index contributed by atoms with van der Waals surface area (Å²) in [4.78, 5) is 4.46. The third kappa shape index (κ3) is 2.90. The molecule has 2 rings (SSSR count). The molecule has 1 saturated carbocycles. The van der Waals surface area contributed by atoms with Gasteiger partial charge in [-0.25, -0.2) is 0 Å². The van der Waals surface area contributed by atoms with Crippen molar-refractivity contribution in [1.29, 1.82) is 0 Å². The van der Waals surface area contributed by atoms with Crippen LogP contribution in [0.5, 0.6) is 0 Å². The van der Waals surface area contributed by atoms with Crippen molar-refractivity contribution in [1.82, 2.24) is 0 Å². The summed E-state index contributed by atoms with van der Waals surface area (Å²) < 4.78 is 5.10. The molecule has 0 saturated heterocycles. The fourth-order valence-corrected chi connectivity index (χ4v) is 1.67. The van der Waals surface area contributed by atoms with Crippen LogP contribution in [-0.2, 0) is 4.74 Å². The van der Waals surface area contributed by atoms with E-state index in [1.165, 1.54) is 12.0 Å². The minimum absolute atomic E-state index is 0.631. The number of rotatable bonds is 4. The Morgan fingerprint density at radius 3 is 2.80 bits per heavy atom. The maximum atomic E-state index is 5.10. The largest absolute Gasteiger partial charge is 0.384 e. The SMILES string of the molecule is COC[C@H]1C[C@H]1C=Nc1ccc(C)cc1. The van der Waals surface area contributed by atoms with Gasteiger partial charge in [-0.3, -0.25) is 4.99 Å². The lowest BCUT2D eigenvalue weighted by atomic mass is 10.2. The normalized spacial score (nSPS) is 24.7. The molecule has 0 aliphatic heterocycles. The van der Waals surface area contributed by atoms with Crippen molar-refractivity contribution in [2.75, 3.05) is 13.7 Å². The molecule has 0 unspecified atom stereocenters. The van der Waals surface area contributed by atoms with Crippen molar-refractivity contribution < 1.29 is 4.74 Å². The summed E-state index contributed by atoms with van der Waals surface area (Å²) in [5, 5.41) is 0. The Hall–Kier alpha value is -1.15. The molecule has 0 aromatic heterocycles. The van der Waals surface area contributed by atoms with E-state index in [1.54, 1.807) is 7.11 Å². The van der Waals surface area contributed by atoms with Crippen LogP contribution in [0.2, 0.25) is 0 Å². The summed E-state index contributed by atoms with van der Waals surface area (Å²) >= 11 is 0. The van der Waals surface area contributed by atoms with Gasteiger partial charge in [0.25, 0.3) is 0 Å². The van der Waals surface area contributed by atoms with Gasteiger partial charge in [-0.05, 0) is 37.3 Å². The number of aryl methyl sites for hydroxylation is 1. The first-order valence-electron chi connectivity index (χ1n) is 5.39. The summed E-state index contributed by atoms with van der Waals surface area (Å²) in [5.41, 5.74) is 2.32. The lowest BCUT2D eigenvalue weighted by Gasteiger charge is -1.95. The van der Waals surface area contributed by atoms with Crippen molar-refractivity contribution in [2.24, 2.45) is 16.8 Å². The Bertz CT molecular complexity index is 342. The van der Waals surface area contributed by atoms with Crippen LogP contribution in [-0.4, -0.2) is 19.9 Å². The van der Waals surface area contributed by atoms with Crippen LogP contribution in [0.15, 0.2) is 29.3 Å². The highest BCUT2D eigenvalue weighted by atomic mass is 16.5. The molecule has 0 amide bonds. The fourth-order valence-electron chi connectivity index (χ4n) is 1.67. The lowest BCUT2D eigenvalue weighted by molar-refractivity contribution is 0.184. The molecule has 15 heavy (non-hydrogen) atoms. The van der Waals surface area contributed by atoms with Crippen LogP contribution in [0, 0.1) is 18.8 Å². The van der Waals surface area contributed by atoms with Crippen molar-refractivity contribution in [3.8, 4) is 0 Å². The zero-order valence-corrected chi connectivity index (χ0v) is 9.31. The summed E-state index contributed by atoms with van der Waals surface area (Å²) in [7, 11) is 1.76. The molecule has 0 radical (unpaired) electrons. The van der Waals surface area contributed by atoms with Crippen molar-refractivity contribution >= 4 is 11.9 Å². The molecule has 1 aliphatic carbocycles.